The maximum Gasteiger partial charge on any atom is 0.247 e. The predicted molar refractivity (Wildman–Crippen MR) is 81.3 cm³/mol. The molecule has 1 N–H and O–H groups in total. The van der Waals surface area contributed by atoms with Crippen LogP contribution in [0.25, 0.3) is 0 Å². The van der Waals surface area contributed by atoms with Gasteiger partial charge in [-0.3, -0.25) is 0 Å². The van der Waals surface area contributed by atoms with Crippen LogP contribution >= 0.6 is 12.4 Å². The van der Waals surface area contributed by atoms with Gasteiger partial charge >= 0.3 is 0 Å². The molecular formula is C13H21ClN2O3S. The second-order valence-corrected chi connectivity index (χ2v) is 6.64. The van der Waals surface area contributed by atoms with E-state index in [1.54, 1.807) is 6.07 Å². The number of piperazine rings is 1. The van der Waals surface area contributed by atoms with Crippen LogP contribution in [0.3, 0.4) is 0 Å². The molecule has 0 saturated carbocycles. The summed E-state index contributed by atoms with van der Waals surface area (Å²) in [6.07, 6.45) is 0. The Hall–Kier alpha value is -0.820. The van der Waals surface area contributed by atoms with Gasteiger partial charge in [0, 0.05) is 26.2 Å². The zero-order valence-electron chi connectivity index (χ0n) is 12.0. The van der Waals surface area contributed by atoms with E-state index >= 15 is 0 Å². The highest BCUT2D eigenvalue weighted by atomic mass is 35.5. The minimum Gasteiger partial charge on any atom is -0.495 e. The Morgan fingerprint density at radius 2 is 1.80 bits per heavy atom. The Labute approximate surface area is 126 Å². The van der Waals surface area contributed by atoms with Crippen molar-refractivity contribution in [3.05, 3.63) is 23.3 Å². The van der Waals surface area contributed by atoms with Gasteiger partial charge in [0.2, 0.25) is 10.0 Å². The normalized spacial score (nSPS) is 16.6. The van der Waals surface area contributed by atoms with Gasteiger partial charge in [0.1, 0.15) is 10.6 Å². The molecule has 1 saturated heterocycles. The highest BCUT2D eigenvalue weighted by Gasteiger charge is 2.30. The lowest BCUT2D eigenvalue weighted by molar-refractivity contribution is 0.354. The van der Waals surface area contributed by atoms with E-state index < -0.39 is 10.0 Å². The number of ether oxygens (including phenoxy) is 1. The number of nitrogens with zero attached hydrogens (tertiary/aromatic N) is 1. The van der Waals surface area contributed by atoms with E-state index in [9.17, 15) is 8.42 Å². The number of aryl methyl sites for hydroxylation is 2. The van der Waals surface area contributed by atoms with Gasteiger partial charge in [0.05, 0.1) is 7.11 Å². The van der Waals surface area contributed by atoms with E-state index in [-0.39, 0.29) is 12.4 Å². The van der Waals surface area contributed by atoms with Crippen molar-refractivity contribution in [3.63, 3.8) is 0 Å². The molecule has 0 atom stereocenters. The molecule has 5 nitrogen and oxygen atoms in total. The third-order valence-electron chi connectivity index (χ3n) is 3.28. The van der Waals surface area contributed by atoms with Gasteiger partial charge in [-0.05, 0) is 31.0 Å². The molecule has 0 unspecified atom stereocenters. The molecule has 0 amide bonds. The van der Waals surface area contributed by atoms with E-state index in [4.69, 9.17) is 4.74 Å². The van der Waals surface area contributed by atoms with Crippen molar-refractivity contribution in [3.8, 4) is 5.75 Å². The number of nitrogens with one attached hydrogen (secondary N) is 1. The molecule has 0 aliphatic carbocycles. The number of hydrogen-bond acceptors (Lipinski definition) is 4. The molecule has 1 aliphatic rings. The molecule has 0 spiro atoms. The summed E-state index contributed by atoms with van der Waals surface area (Å²) in [4.78, 5) is 0.294. The molecule has 1 heterocycles. The average Bonchev–Trinajstić information content (AvgIpc) is 2.38. The molecule has 1 fully saturated rings. The zero-order chi connectivity index (χ0) is 14.0. The monoisotopic (exact) mass is 320 g/mol. The molecule has 1 aromatic rings. The Morgan fingerprint density at radius 1 is 1.20 bits per heavy atom. The minimum atomic E-state index is -3.48. The average molecular weight is 321 g/mol. The van der Waals surface area contributed by atoms with Crippen LogP contribution in [-0.4, -0.2) is 46.0 Å². The van der Waals surface area contributed by atoms with Crippen molar-refractivity contribution in [1.29, 1.82) is 0 Å². The topological polar surface area (TPSA) is 58.6 Å². The van der Waals surface area contributed by atoms with Crippen LogP contribution in [0, 0.1) is 13.8 Å². The SMILES string of the molecule is COc1cc(C)cc(C)c1S(=O)(=O)N1CCNCC1.Cl. The van der Waals surface area contributed by atoms with E-state index in [0.717, 1.165) is 11.1 Å². The Morgan fingerprint density at radius 3 is 2.35 bits per heavy atom. The highest BCUT2D eigenvalue weighted by Crippen LogP contribution is 2.31. The first kappa shape index (κ1) is 17.2. The van der Waals surface area contributed by atoms with Crippen LogP contribution in [0.5, 0.6) is 5.75 Å². The second kappa shape index (κ2) is 6.76. The van der Waals surface area contributed by atoms with Gasteiger partial charge in [-0.15, -0.1) is 12.4 Å². The van der Waals surface area contributed by atoms with Crippen LogP contribution in [-0.2, 0) is 10.0 Å². The summed E-state index contributed by atoms with van der Waals surface area (Å²) >= 11 is 0. The summed E-state index contributed by atoms with van der Waals surface area (Å²) in [5.41, 5.74) is 1.73. The van der Waals surface area contributed by atoms with Gasteiger partial charge in [-0.25, -0.2) is 8.42 Å². The summed E-state index contributed by atoms with van der Waals surface area (Å²) in [5, 5.41) is 3.15. The van der Waals surface area contributed by atoms with Crippen molar-refractivity contribution in [2.75, 3.05) is 33.3 Å². The zero-order valence-corrected chi connectivity index (χ0v) is 13.6. The Kier molecular flexibility index (Phi) is 5.82. The molecule has 0 radical (unpaired) electrons. The maximum absolute atomic E-state index is 12.7. The summed E-state index contributed by atoms with van der Waals surface area (Å²) in [7, 11) is -1.98. The molecule has 114 valence electrons. The molecule has 20 heavy (non-hydrogen) atoms. The minimum absolute atomic E-state index is 0. The van der Waals surface area contributed by atoms with Crippen LogP contribution < -0.4 is 10.1 Å². The summed E-state index contributed by atoms with van der Waals surface area (Å²) in [6.45, 7) is 6.11. The van der Waals surface area contributed by atoms with Crippen molar-refractivity contribution in [1.82, 2.24) is 9.62 Å². The second-order valence-electron chi connectivity index (χ2n) is 4.77. The fourth-order valence-electron chi connectivity index (χ4n) is 2.41. The van der Waals surface area contributed by atoms with Crippen molar-refractivity contribution >= 4 is 22.4 Å². The first-order chi connectivity index (χ1) is 8.96. The fraction of sp³-hybridized carbons (Fsp3) is 0.538. The molecule has 7 heteroatoms. The highest BCUT2D eigenvalue weighted by molar-refractivity contribution is 7.89. The number of rotatable bonds is 3. The Balaban J connectivity index is 0.00000200. The number of benzene rings is 1. The van der Waals surface area contributed by atoms with Crippen LogP contribution in [0.15, 0.2) is 17.0 Å². The van der Waals surface area contributed by atoms with Gasteiger partial charge in [0.15, 0.2) is 0 Å². The van der Waals surface area contributed by atoms with Gasteiger partial charge in [-0.1, -0.05) is 6.07 Å². The summed E-state index contributed by atoms with van der Waals surface area (Å²) < 4.78 is 32.2. The lowest BCUT2D eigenvalue weighted by Gasteiger charge is -2.28. The maximum atomic E-state index is 12.7. The van der Waals surface area contributed by atoms with E-state index in [1.807, 2.05) is 19.9 Å². The van der Waals surface area contributed by atoms with Crippen molar-refractivity contribution < 1.29 is 13.2 Å². The molecule has 0 aromatic heterocycles. The van der Waals surface area contributed by atoms with Crippen LogP contribution in [0.1, 0.15) is 11.1 Å². The largest absolute Gasteiger partial charge is 0.495 e. The first-order valence-electron chi connectivity index (χ1n) is 6.33. The summed E-state index contributed by atoms with van der Waals surface area (Å²) in [5.74, 6) is 0.427. The molecular weight excluding hydrogens is 300 g/mol. The van der Waals surface area contributed by atoms with Gasteiger partial charge < -0.3 is 10.1 Å². The third-order valence-corrected chi connectivity index (χ3v) is 5.36. The third kappa shape index (κ3) is 3.25. The van der Waals surface area contributed by atoms with E-state index in [0.29, 0.717) is 36.8 Å². The standard InChI is InChI=1S/C13H20N2O3S.ClH/c1-10-8-11(2)13(12(9-10)18-3)19(16,17)15-6-4-14-5-7-15;/h8-9,14H,4-7H2,1-3H3;1H. The number of sulfonamides is 1. The fourth-order valence-corrected chi connectivity index (χ4v) is 4.20. The lowest BCUT2D eigenvalue weighted by Crippen LogP contribution is -2.46. The molecule has 1 aliphatic heterocycles. The predicted octanol–water partition coefficient (Wildman–Crippen LogP) is 1.33. The lowest BCUT2D eigenvalue weighted by atomic mass is 10.1. The van der Waals surface area contributed by atoms with Gasteiger partial charge in [-0.2, -0.15) is 4.31 Å². The quantitative estimate of drug-likeness (QED) is 0.913. The van der Waals surface area contributed by atoms with Gasteiger partial charge in [0.25, 0.3) is 0 Å². The summed E-state index contributed by atoms with van der Waals surface area (Å²) in [6, 6.07) is 3.64. The first-order valence-corrected chi connectivity index (χ1v) is 7.77. The van der Waals surface area contributed by atoms with E-state index in [1.165, 1.54) is 11.4 Å². The number of hydrogen-bond donors (Lipinski definition) is 1. The van der Waals surface area contributed by atoms with Crippen molar-refractivity contribution in [2.45, 2.75) is 18.7 Å². The molecule has 1 aromatic carbocycles. The van der Waals surface area contributed by atoms with E-state index in [2.05, 4.69) is 5.32 Å². The smallest absolute Gasteiger partial charge is 0.247 e. The number of halogens is 1. The number of methoxy groups -OCH3 is 1. The Bertz CT molecular complexity index is 569. The van der Waals surface area contributed by atoms with Crippen molar-refractivity contribution in [2.24, 2.45) is 0 Å². The molecule has 0 bridgehead atoms. The van der Waals surface area contributed by atoms with Crippen LogP contribution in [0.2, 0.25) is 0 Å². The molecule has 2 rings (SSSR count). The van der Waals surface area contributed by atoms with Crippen LogP contribution in [0.4, 0.5) is 0 Å².